The lowest BCUT2D eigenvalue weighted by atomic mass is 9.80. The molecule has 1 saturated carbocycles. The smallest absolute Gasteiger partial charge is 0.423 e. The topological polar surface area (TPSA) is 82.5 Å². The Bertz CT molecular complexity index is 643. The van der Waals surface area contributed by atoms with Gasteiger partial charge in [-0.15, -0.1) is 0 Å². The summed E-state index contributed by atoms with van der Waals surface area (Å²) in [6.07, 6.45) is 0.942. The van der Waals surface area contributed by atoms with Gasteiger partial charge in [-0.3, -0.25) is 4.79 Å². The molecule has 1 amide bonds. The van der Waals surface area contributed by atoms with Crippen LogP contribution >= 0.6 is 11.3 Å². The van der Waals surface area contributed by atoms with Gasteiger partial charge in [0.1, 0.15) is 0 Å². The number of carbonyl (C=O) groups excluding carboxylic acids is 1. The fraction of sp³-hybridized carbons (Fsp3) is 0.333. The lowest BCUT2D eigenvalue weighted by Crippen LogP contribution is -2.29. The van der Waals surface area contributed by atoms with Crippen molar-refractivity contribution in [1.82, 2.24) is 4.98 Å². The normalized spacial score (nSPS) is 21.4. The molecule has 19 heavy (non-hydrogen) atoms. The highest BCUT2D eigenvalue weighted by molar-refractivity contribution is 7.22. The van der Waals surface area contributed by atoms with Crippen LogP contribution in [-0.2, 0) is 4.79 Å². The second-order valence-electron chi connectivity index (χ2n) is 4.93. The first-order valence-electron chi connectivity index (χ1n) is 6.12. The van der Waals surface area contributed by atoms with Gasteiger partial charge in [-0.1, -0.05) is 24.3 Å². The largest absolute Gasteiger partial charge is 0.488 e. The molecule has 1 aromatic carbocycles. The van der Waals surface area contributed by atoms with Crippen LogP contribution in [0.1, 0.15) is 13.3 Å². The van der Waals surface area contributed by atoms with Gasteiger partial charge in [0.15, 0.2) is 5.13 Å². The molecular weight excluding hydrogens is 263 g/mol. The van der Waals surface area contributed by atoms with Crippen molar-refractivity contribution in [3.05, 3.63) is 18.2 Å². The third-order valence-electron chi connectivity index (χ3n) is 3.39. The van der Waals surface area contributed by atoms with Crippen molar-refractivity contribution >= 4 is 45.2 Å². The maximum Gasteiger partial charge on any atom is 0.488 e. The van der Waals surface area contributed by atoms with E-state index in [4.69, 9.17) is 10.0 Å². The van der Waals surface area contributed by atoms with Crippen LogP contribution in [0.15, 0.2) is 18.2 Å². The standard InChI is InChI=1S/C12H13BN2O3S/c1-6-4-8(6)11(16)15-12-14-9-3-2-7(13(17)18)5-10(9)19-12/h2-3,5-6,8,17-18H,4H2,1H3,(H,14,15,16)/t6-,8+/m0/s1. The van der Waals surface area contributed by atoms with E-state index in [0.717, 1.165) is 16.6 Å². The number of nitrogens with zero attached hydrogens (tertiary/aromatic N) is 1. The Hall–Kier alpha value is -1.44. The summed E-state index contributed by atoms with van der Waals surface area (Å²) >= 11 is 1.34. The fourth-order valence-electron chi connectivity index (χ4n) is 2.04. The number of hydrogen-bond acceptors (Lipinski definition) is 5. The average Bonchev–Trinajstić information content (AvgIpc) is 2.96. The summed E-state index contributed by atoms with van der Waals surface area (Å²) in [5.41, 5.74) is 1.17. The molecule has 98 valence electrons. The molecule has 2 atom stereocenters. The van der Waals surface area contributed by atoms with Gasteiger partial charge in [0.05, 0.1) is 10.2 Å². The van der Waals surface area contributed by atoms with Gasteiger partial charge in [-0.25, -0.2) is 4.98 Å². The highest BCUT2D eigenvalue weighted by Gasteiger charge is 2.39. The van der Waals surface area contributed by atoms with Crippen LogP contribution in [0.3, 0.4) is 0 Å². The van der Waals surface area contributed by atoms with Crippen molar-refractivity contribution in [1.29, 1.82) is 0 Å². The monoisotopic (exact) mass is 276 g/mol. The predicted octanol–water partition coefficient (Wildman–Crippen LogP) is 0.571. The van der Waals surface area contributed by atoms with E-state index in [9.17, 15) is 4.79 Å². The first kappa shape index (κ1) is 12.6. The Balaban J connectivity index is 1.83. The van der Waals surface area contributed by atoms with Gasteiger partial charge in [-0.2, -0.15) is 0 Å². The zero-order valence-corrected chi connectivity index (χ0v) is 11.1. The number of fused-ring (bicyclic) bond motifs is 1. The molecule has 3 rings (SSSR count). The zero-order chi connectivity index (χ0) is 13.6. The Morgan fingerprint density at radius 2 is 2.26 bits per heavy atom. The van der Waals surface area contributed by atoms with Gasteiger partial charge in [0, 0.05) is 5.92 Å². The summed E-state index contributed by atoms with van der Waals surface area (Å²) in [6, 6.07) is 5.00. The van der Waals surface area contributed by atoms with Crippen molar-refractivity contribution < 1.29 is 14.8 Å². The van der Waals surface area contributed by atoms with Crippen LogP contribution in [0.4, 0.5) is 5.13 Å². The summed E-state index contributed by atoms with van der Waals surface area (Å²) in [4.78, 5) is 16.1. The molecule has 1 heterocycles. The van der Waals surface area contributed by atoms with Gasteiger partial charge >= 0.3 is 7.12 Å². The average molecular weight is 276 g/mol. The molecule has 2 aromatic rings. The molecule has 0 spiro atoms. The minimum Gasteiger partial charge on any atom is -0.423 e. The van der Waals surface area contributed by atoms with E-state index in [1.165, 1.54) is 11.3 Å². The minimum atomic E-state index is -1.49. The molecule has 1 aliphatic rings. The van der Waals surface area contributed by atoms with Crippen LogP contribution in [-0.4, -0.2) is 28.1 Å². The Morgan fingerprint density at radius 1 is 1.53 bits per heavy atom. The van der Waals surface area contributed by atoms with Gasteiger partial charge in [0.2, 0.25) is 5.91 Å². The van der Waals surface area contributed by atoms with E-state index in [1.54, 1.807) is 18.2 Å². The Morgan fingerprint density at radius 3 is 2.89 bits per heavy atom. The van der Waals surface area contributed by atoms with Crippen molar-refractivity contribution in [3.63, 3.8) is 0 Å². The van der Waals surface area contributed by atoms with Gasteiger partial charge in [-0.05, 0) is 29.9 Å². The third kappa shape index (κ3) is 2.49. The number of amides is 1. The van der Waals surface area contributed by atoms with Crippen LogP contribution in [0.2, 0.25) is 0 Å². The second kappa shape index (κ2) is 4.59. The molecule has 0 saturated heterocycles. The van der Waals surface area contributed by atoms with Crippen molar-refractivity contribution in [2.24, 2.45) is 11.8 Å². The van der Waals surface area contributed by atoms with Crippen molar-refractivity contribution in [2.75, 3.05) is 5.32 Å². The summed E-state index contributed by atoms with van der Waals surface area (Å²) in [7, 11) is -1.49. The van der Waals surface area contributed by atoms with Crippen LogP contribution in [0, 0.1) is 11.8 Å². The van der Waals surface area contributed by atoms with E-state index in [2.05, 4.69) is 17.2 Å². The Kier molecular flexibility index (Phi) is 3.04. The molecule has 0 bridgehead atoms. The number of carbonyl (C=O) groups is 1. The molecule has 3 N–H and O–H groups in total. The molecule has 0 radical (unpaired) electrons. The van der Waals surface area contributed by atoms with Gasteiger partial charge < -0.3 is 15.4 Å². The molecule has 1 aliphatic carbocycles. The van der Waals surface area contributed by atoms with Crippen LogP contribution in [0.25, 0.3) is 10.2 Å². The zero-order valence-electron chi connectivity index (χ0n) is 10.3. The SMILES string of the molecule is C[C@H]1C[C@H]1C(=O)Nc1nc2ccc(B(O)O)cc2s1. The second-order valence-corrected chi connectivity index (χ2v) is 5.96. The third-order valence-corrected chi connectivity index (χ3v) is 4.32. The fourth-order valence-corrected chi connectivity index (χ4v) is 2.96. The van der Waals surface area contributed by atoms with Crippen LogP contribution in [0.5, 0.6) is 0 Å². The number of nitrogens with one attached hydrogen (secondary N) is 1. The molecule has 1 fully saturated rings. The molecular formula is C12H13BN2O3S. The first-order valence-corrected chi connectivity index (χ1v) is 6.94. The summed E-state index contributed by atoms with van der Waals surface area (Å²) in [5, 5.41) is 21.6. The van der Waals surface area contributed by atoms with E-state index in [-0.39, 0.29) is 11.8 Å². The number of benzene rings is 1. The lowest BCUT2D eigenvalue weighted by Gasteiger charge is -1.97. The molecule has 1 aromatic heterocycles. The highest BCUT2D eigenvalue weighted by atomic mass is 32.1. The summed E-state index contributed by atoms with van der Waals surface area (Å²) in [5.74, 6) is 0.598. The summed E-state index contributed by atoms with van der Waals surface area (Å²) < 4.78 is 0.824. The molecule has 5 nitrogen and oxygen atoms in total. The van der Waals surface area contributed by atoms with Gasteiger partial charge in [0.25, 0.3) is 0 Å². The minimum absolute atomic E-state index is 0.0222. The number of aromatic nitrogens is 1. The van der Waals surface area contributed by atoms with Crippen LogP contribution < -0.4 is 10.8 Å². The molecule has 7 heteroatoms. The van der Waals surface area contributed by atoms with E-state index in [1.807, 2.05) is 0 Å². The number of rotatable bonds is 3. The number of thiazole rings is 1. The Labute approximate surface area is 114 Å². The van der Waals surface area contributed by atoms with E-state index >= 15 is 0 Å². The number of hydrogen-bond donors (Lipinski definition) is 3. The van der Waals surface area contributed by atoms with E-state index < -0.39 is 7.12 Å². The summed E-state index contributed by atoms with van der Waals surface area (Å²) in [6.45, 7) is 2.05. The quantitative estimate of drug-likeness (QED) is 0.716. The van der Waals surface area contributed by atoms with Crippen molar-refractivity contribution in [3.8, 4) is 0 Å². The number of anilines is 1. The maximum atomic E-state index is 11.8. The molecule has 0 aliphatic heterocycles. The van der Waals surface area contributed by atoms with E-state index in [0.29, 0.717) is 16.5 Å². The predicted molar refractivity (Wildman–Crippen MR) is 75.3 cm³/mol. The molecule has 0 unspecified atom stereocenters. The highest BCUT2D eigenvalue weighted by Crippen LogP contribution is 2.39. The van der Waals surface area contributed by atoms with Crippen molar-refractivity contribution in [2.45, 2.75) is 13.3 Å². The maximum absolute atomic E-state index is 11.8. The first-order chi connectivity index (χ1) is 9.04. The lowest BCUT2D eigenvalue weighted by molar-refractivity contribution is -0.117.